The van der Waals surface area contributed by atoms with E-state index < -0.39 is 5.41 Å². The van der Waals surface area contributed by atoms with E-state index in [0.29, 0.717) is 0 Å². The number of benzene rings is 9. The molecule has 0 aromatic heterocycles. The molecule has 11 rings (SSSR count). The minimum atomic E-state index is -0.629. The van der Waals surface area contributed by atoms with Gasteiger partial charge in [-0.05, 0) is 156 Å². The molecule has 1 unspecified atom stereocenters. The Bertz CT molecular complexity index is 3010. The summed E-state index contributed by atoms with van der Waals surface area (Å²) >= 11 is 0. The van der Waals surface area contributed by atoms with Gasteiger partial charge in [0.1, 0.15) is 0 Å². The lowest BCUT2D eigenvalue weighted by molar-refractivity contribution is 0.775. The summed E-state index contributed by atoms with van der Waals surface area (Å²) in [6, 6.07) is 77.4. The summed E-state index contributed by atoms with van der Waals surface area (Å²) in [4.78, 5) is 4.82. The molecule has 0 N–H and O–H groups in total. The highest BCUT2D eigenvalue weighted by molar-refractivity contribution is 5.99. The van der Waals surface area contributed by atoms with Gasteiger partial charge in [0.05, 0.1) is 5.41 Å². The molecule has 292 valence electrons. The zero-order valence-electron chi connectivity index (χ0n) is 35.0. The number of hydrogen-bond donors (Lipinski definition) is 0. The molecule has 2 heteroatoms. The van der Waals surface area contributed by atoms with Crippen LogP contribution in [0.1, 0.15) is 44.5 Å². The Balaban J connectivity index is 1.22. The first kappa shape index (κ1) is 36.6. The van der Waals surface area contributed by atoms with Crippen LogP contribution in [0, 0.1) is 27.7 Å². The van der Waals surface area contributed by atoms with Crippen LogP contribution in [-0.2, 0) is 5.41 Å². The largest absolute Gasteiger partial charge is 0.310 e. The fourth-order valence-electron chi connectivity index (χ4n) is 10.0. The van der Waals surface area contributed by atoms with Crippen molar-refractivity contribution in [2.24, 2.45) is 0 Å². The molecular weight excluding hydrogens is 737 g/mol. The van der Waals surface area contributed by atoms with Crippen molar-refractivity contribution >= 4 is 34.1 Å². The SMILES string of the molecule is Cc1ccc(N(c2ccc(C)cc2)c2ccc3c(c2)-c2ccccc2C32c3ccccc3-c3ccccc3-c3ccc(N(c4ccc(C)cc4)c4ccc(C)cc4)cc32)cc1. The summed E-state index contributed by atoms with van der Waals surface area (Å²) in [5.41, 5.74) is 23.8. The van der Waals surface area contributed by atoms with E-state index >= 15 is 0 Å². The maximum absolute atomic E-state index is 2.50. The fraction of sp³-hybridized carbons (Fsp3) is 0.0847. The van der Waals surface area contributed by atoms with E-state index in [0.717, 1.165) is 34.1 Å². The highest BCUT2D eigenvalue weighted by Gasteiger charge is 2.50. The predicted molar refractivity (Wildman–Crippen MR) is 256 cm³/mol. The van der Waals surface area contributed by atoms with Crippen molar-refractivity contribution in [3.63, 3.8) is 0 Å². The summed E-state index contributed by atoms with van der Waals surface area (Å²) in [5, 5.41) is 0. The van der Waals surface area contributed by atoms with E-state index in [2.05, 4.69) is 244 Å². The number of rotatable bonds is 6. The molecule has 0 saturated heterocycles. The van der Waals surface area contributed by atoms with Crippen LogP contribution in [0.3, 0.4) is 0 Å². The van der Waals surface area contributed by atoms with Gasteiger partial charge in [-0.25, -0.2) is 0 Å². The zero-order valence-corrected chi connectivity index (χ0v) is 35.0. The monoisotopic (exact) mass is 782 g/mol. The molecular formula is C59H46N2. The smallest absolute Gasteiger partial charge is 0.0726 e. The van der Waals surface area contributed by atoms with Gasteiger partial charge in [-0.3, -0.25) is 0 Å². The van der Waals surface area contributed by atoms with Crippen LogP contribution in [0.25, 0.3) is 33.4 Å². The van der Waals surface area contributed by atoms with Gasteiger partial charge in [0, 0.05) is 34.1 Å². The van der Waals surface area contributed by atoms with Gasteiger partial charge < -0.3 is 9.80 Å². The van der Waals surface area contributed by atoms with E-state index in [-0.39, 0.29) is 0 Å². The lowest BCUT2D eigenvalue weighted by Gasteiger charge is -2.36. The third-order valence-corrected chi connectivity index (χ3v) is 13.0. The van der Waals surface area contributed by atoms with Crippen molar-refractivity contribution in [3.8, 4) is 33.4 Å². The van der Waals surface area contributed by atoms with Gasteiger partial charge >= 0.3 is 0 Å². The van der Waals surface area contributed by atoms with Crippen molar-refractivity contribution in [1.29, 1.82) is 0 Å². The predicted octanol–water partition coefficient (Wildman–Crippen LogP) is 15.9. The Kier molecular flexibility index (Phi) is 8.65. The molecule has 9 aromatic rings. The average Bonchev–Trinajstić information content (AvgIpc) is 3.53. The van der Waals surface area contributed by atoms with E-state index in [4.69, 9.17) is 0 Å². The standard InChI is InChI=1S/C59H46N2/c1-39-17-25-43(26-18-39)60(44-27-19-40(2)20-28-44)47-34-36-57-54(37-47)52-14-8-10-16-56(52)59(57)55-15-9-7-13-51(55)49-11-5-6-12-50(49)53-35-33-48(38-58(53)59)61(45-29-21-41(3)22-30-45)46-31-23-42(4)24-32-46/h5-38H,1-4H3. The molecule has 0 radical (unpaired) electrons. The maximum atomic E-state index is 2.50. The molecule has 9 aromatic carbocycles. The van der Waals surface area contributed by atoms with E-state index in [9.17, 15) is 0 Å². The molecule has 2 nitrogen and oxygen atoms in total. The van der Waals surface area contributed by atoms with E-state index in [1.807, 2.05) is 0 Å². The third-order valence-electron chi connectivity index (χ3n) is 13.0. The minimum Gasteiger partial charge on any atom is -0.310 e. The first-order valence-corrected chi connectivity index (χ1v) is 21.3. The summed E-state index contributed by atoms with van der Waals surface area (Å²) in [6.07, 6.45) is 0. The van der Waals surface area contributed by atoms with Crippen LogP contribution in [0.4, 0.5) is 34.1 Å². The van der Waals surface area contributed by atoms with Gasteiger partial charge in [-0.2, -0.15) is 0 Å². The molecule has 0 fully saturated rings. The number of fused-ring (bicyclic) bond motifs is 12. The molecule has 1 atom stereocenters. The highest BCUT2D eigenvalue weighted by Crippen LogP contribution is 2.62. The lowest BCUT2D eigenvalue weighted by Crippen LogP contribution is -2.29. The van der Waals surface area contributed by atoms with Crippen LogP contribution < -0.4 is 9.80 Å². The molecule has 0 aliphatic heterocycles. The summed E-state index contributed by atoms with van der Waals surface area (Å²) < 4.78 is 0. The number of anilines is 6. The van der Waals surface area contributed by atoms with Crippen LogP contribution in [0.2, 0.25) is 0 Å². The quantitative estimate of drug-likeness (QED) is 0.166. The molecule has 61 heavy (non-hydrogen) atoms. The molecule has 2 aliphatic carbocycles. The average molecular weight is 783 g/mol. The van der Waals surface area contributed by atoms with E-state index in [1.165, 1.54) is 77.9 Å². The third kappa shape index (κ3) is 5.85. The van der Waals surface area contributed by atoms with Gasteiger partial charge in [0.15, 0.2) is 0 Å². The summed E-state index contributed by atoms with van der Waals surface area (Å²) in [7, 11) is 0. The maximum Gasteiger partial charge on any atom is 0.0726 e. The fourth-order valence-corrected chi connectivity index (χ4v) is 10.0. The van der Waals surface area contributed by atoms with Gasteiger partial charge in [0.2, 0.25) is 0 Å². The van der Waals surface area contributed by atoms with Crippen molar-refractivity contribution in [1.82, 2.24) is 0 Å². The second-order valence-corrected chi connectivity index (χ2v) is 16.9. The number of aryl methyl sites for hydroxylation is 4. The Labute approximate surface area is 359 Å². The number of nitrogens with zero attached hydrogens (tertiary/aromatic N) is 2. The normalized spacial score (nSPS) is 14.3. The van der Waals surface area contributed by atoms with Gasteiger partial charge in [0.25, 0.3) is 0 Å². The topological polar surface area (TPSA) is 6.48 Å². The summed E-state index contributed by atoms with van der Waals surface area (Å²) in [5.74, 6) is 0. The second-order valence-electron chi connectivity index (χ2n) is 16.9. The van der Waals surface area contributed by atoms with Crippen molar-refractivity contribution in [2.45, 2.75) is 33.1 Å². The molecule has 2 aliphatic rings. The van der Waals surface area contributed by atoms with Gasteiger partial charge in [-0.15, -0.1) is 0 Å². The first-order valence-electron chi connectivity index (χ1n) is 21.3. The molecule has 1 spiro atoms. The Morgan fingerprint density at radius 2 is 0.557 bits per heavy atom. The van der Waals surface area contributed by atoms with Crippen molar-refractivity contribution in [2.75, 3.05) is 9.80 Å². The molecule has 0 heterocycles. The minimum absolute atomic E-state index is 0.629. The van der Waals surface area contributed by atoms with Crippen molar-refractivity contribution < 1.29 is 0 Å². The Morgan fingerprint density at radius 1 is 0.246 bits per heavy atom. The number of hydrogen-bond acceptors (Lipinski definition) is 2. The first-order chi connectivity index (χ1) is 29.9. The van der Waals surface area contributed by atoms with Crippen LogP contribution in [0.5, 0.6) is 0 Å². The second kappa shape index (κ2) is 14.4. The molecule has 0 bridgehead atoms. The van der Waals surface area contributed by atoms with Crippen LogP contribution in [0.15, 0.2) is 206 Å². The molecule has 0 saturated carbocycles. The van der Waals surface area contributed by atoms with Crippen molar-refractivity contribution in [3.05, 3.63) is 251 Å². The summed E-state index contributed by atoms with van der Waals surface area (Å²) in [6.45, 7) is 8.61. The molecule has 0 amide bonds. The lowest BCUT2D eigenvalue weighted by atomic mass is 9.66. The Morgan fingerprint density at radius 3 is 1.00 bits per heavy atom. The Hall–Kier alpha value is -7.42. The highest BCUT2D eigenvalue weighted by atomic mass is 15.1. The van der Waals surface area contributed by atoms with Crippen LogP contribution in [-0.4, -0.2) is 0 Å². The van der Waals surface area contributed by atoms with Gasteiger partial charge in [-0.1, -0.05) is 156 Å². The zero-order chi connectivity index (χ0) is 41.2. The van der Waals surface area contributed by atoms with E-state index in [1.54, 1.807) is 0 Å². The van der Waals surface area contributed by atoms with Crippen LogP contribution >= 0.6 is 0 Å².